The highest BCUT2D eigenvalue weighted by Crippen LogP contribution is 2.31. The molecule has 0 N–H and O–H groups in total. The Kier molecular flexibility index (Phi) is 5.84. The quantitative estimate of drug-likeness (QED) is 0.552. The van der Waals surface area contributed by atoms with E-state index in [0.717, 1.165) is 16.8 Å². The number of hydrogen-bond donors (Lipinski definition) is 0. The monoisotopic (exact) mass is 452 g/mol. The van der Waals surface area contributed by atoms with Gasteiger partial charge in [-0.15, -0.1) is 0 Å². The average molecular weight is 453 g/mol. The molecule has 2 aromatic heterocycles. The standard InChI is InChI=1S/C23H24N4O4S/c1-6-31-22(29)19-13(2)25-23-27(20(19)15-7-9-17(30-5)10-8-15)21(28)18(32-23)11-16-12-24-26(4)14(16)3/h7-12,20H,6H2,1-5H3/b18-11+/t20-/m0/s1. The first-order valence-electron chi connectivity index (χ1n) is 10.2. The van der Waals surface area contributed by atoms with Crippen LogP contribution in [-0.4, -0.2) is 34.0 Å². The topological polar surface area (TPSA) is 87.7 Å². The van der Waals surface area contributed by atoms with Gasteiger partial charge in [-0.1, -0.05) is 23.5 Å². The van der Waals surface area contributed by atoms with E-state index in [9.17, 15) is 9.59 Å². The molecule has 8 nitrogen and oxygen atoms in total. The van der Waals surface area contributed by atoms with E-state index in [2.05, 4.69) is 10.1 Å². The molecule has 32 heavy (non-hydrogen) atoms. The maximum absolute atomic E-state index is 13.5. The smallest absolute Gasteiger partial charge is 0.338 e. The lowest BCUT2D eigenvalue weighted by Gasteiger charge is -2.24. The van der Waals surface area contributed by atoms with Crippen LogP contribution in [-0.2, 0) is 16.6 Å². The number of ether oxygens (including phenoxy) is 2. The molecule has 3 heterocycles. The molecule has 0 aliphatic carbocycles. The minimum atomic E-state index is -0.645. The fourth-order valence-electron chi connectivity index (χ4n) is 3.69. The number of aryl methyl sites for hydroxylation is 1. The Labute approximate surface area is 188 Å². The van der Waals surface area contributed by atoms with Gasteiger partial charge in [-0.3, -0.25) is 14.0 Å². The Bertz CT molecular complexity index is 1390. The number of carbonyl (C=O) groups excluding carboxylic acids is 1. The molecule has 1 aliphatic heterocycles. The van der Waals surface area contributed by atoms with Crippen LogP contribution in [0.3, 0.4) is 0 Å². The van der Waals surface area contributed by atoms with Gasteiger partial charge in [-0.25, -0.2) is 9.79 Å². The van der Waals surface area contributed by atoms with Gasteiger partial charge in [0.1, 0.15) is 5.75 Å². The summed E-state index contributed by atoms with van der Waals surface area (Å²) in [4.78, 5) is 31.5. The van der Waals surface area contributed by atoms with Crippen molar-refractivity contribution in [2.24, 2.45) is 12.0 Å². The second-order valence-electron chi connectivity index (χ2n) is 7.38. The normalized spacial score (nSPS) is 16.0. The third-order valence-electron chi connectivity index (χ3n) is 5.51. The van der Waals surface area contributed by atoms with Crippen LogP contribution in [0.25, 0.3) is 6.08 Å². The number of aromatic nitrogens is 3. The number of fused-ring (bicyclic) bond motifs is 1. The van der Waals surface area contributed by atoms with Crippen molar-refractivity contribution in [3.05, 3.63) is 78.2 Å². The van der Waals surface area contributed by atoms with Crippen LogP contribution in [0, 0.1) is 6.92 Å². The molecule has 1 atom stereocenters. The molecule has 0 amide bonds. The molecule has 1 aromatic carbocycles. The van der Waals surface area contributed by atoms with Crippen LogP contribution in [0.2, 0.25) is 0 Å². The number of esters is 1. The Morgan fingerprint density at radius 3 is 2.56 bits per heavy atom. The zero-order valence-corrected chi connectivity index (χ0v) is 19.4. The van der Waals surface area contributed by atoms with Crippen molar-refractivity contribution in [3.8, 4) is 5.75 Å². The van der Waals surface area contributed by atoms with Gasteiger partial charge < -0.3 is 9.47 Å². The summed E-state index contributed by atoms with van der Waals surface area (Å²) in [7, 11) is 3.44. The maximum atomic E-state index is 13.5. The van der Waals surface area contributed by atoms with Crippen molar-refractivity contribution < 1.29 is 14.3 Å². The SMILES string of the molecule is CCOC(=O)C1=C(C)N=c2s/c(=C/c3cnn(C)c3C)c(=O)n2[C@H]1c1ccc(OC)cc1. The summed E-state index contributed by atoms with van der Waals surface area (Å²) in [5.74, 6) is 0.207. The number of rotatable bonds is 5. The minimum Gasteiger partial charge on any atom is -0.497 e. The third kappa shape index (κ3) is 3.69. The van der Waals surface area contributed by atoms with Crippen molar-refractivity contribution in [2.45, 2.75) is 26.8 Å². The van der Waals surface area contributed by atoms with E-state index < -0.39 is 12.0 Å². The fourth-order valence-corrected chi connectivity index (χ4v) is 4.73. The Hall–Kier alpha value is -3.46. The summed E-state index contributed by atoms with van der Waals surface area (Å²) >= 11 is 1.29. The molecule has 0 saturated heterocycles. The number of thiazole rings is 1. The number of hydrogen-bond acceptors (Lipinski definition) is 7. The first-order chi connectivity index (χ1) is 15.3. The Morgan fingerprint density at radius 1 is 1.25 bits per heavy atom. The lowest BCUT2D eigenvalue weighted by Crippen LogP contribution is -2.39. The van der Waals surface area contributed by atoms with E-state index in [-0.39, 0.29) is 12.2 Å². The molecule has 0 unspecified atom stereocenters. The number of methoxy groups -OCH3 is 1. The van der Waals surface area contributed by atoms with Crippen LogP contribution in [0.4, 0.5) is 0 Å². The third-order valence-corrected chi connectivity index (χ3v) is 6.49. The second kappa shape index (κ2) is 8.58. The van der Waals surface area contributed by atoms with Crippen molar-refractivity contribution in [3.63, 3.8) is 0 Å². The highest BCUT2D eigenvalue weighted by Gasteiger charge is 2.33. The van der Waals surface area contributed by atoms with E-state index in [1.807, 2.05) is 44.3 Å². The van der Waals surface area contributed by atoms with Gasteiger partial charge in [0.25, 0.3) is 5.56 Å². The Balaban J connectivity index is 1.95. The summed E-state index contributed by atoms with van der Waals surface area (Å²) in [6.45, 7) is 5.70. The summed E-state index contributed by atoms with van der Waals surface area (Å²) in [6.07, 6.45) is 3.55. The highest BCUT2D eigenvalue weighted by atomic mass is 32.1. The molecular weight excluding hydrogens is 428 g/mol. The fraction of sp³-hybridized carbons (Fsp3) is 0.304. The first-order valence-corrected chi connectivity index (χ1v) is 11.0. The number of benzene rings is 1. The van der Waals surface area contributed by atoms with Gasteiger partial charge in [-0.2, -0.15) is 5.10 Å². The molecule has 0 saturated carbocycles. The van der Waals surface area contributed by atoms with Crippen LogP contribution in [0.15, 0.2) is 51.5 Å². The van der Waals surface area contributed by atoms with Crippen LogP contribution in [0.5, 0.6) is 5.75 Å². The summed E-state index contributed by atoms with van der Waals surface area (Å²) < 4.78 is 14.4. The first kappa shape index (κ1) is 21.8. The van der Waals surface area contributed by atoms with E-state index in [0.29, 0.717) is 26.4 Å². The molecule has 0 bridgehead atoms. The van der Waals surface area contributed by atoms with Crippen molar-refractivity contribution in [1.82, 2.24) is 14.3 Å². The van der Waals surface area contributed by atoms with Crippen LogP contribution >= 0.6 is 11.3 Å². The van der Waals surface area contributed by atoms with E-state index in [4.69, 9.17) is 9.47 Å². The molecule has 9 heteroatoms. The molecule has 0 spiro atoms. The van der Waals surface area contributed by atoms with E-state index >= 15 is 0 Å². The van der Waals surface area contributed by atoms with Crippen molar-refractivity contribution in [1.29, 1.82) is 0 Å². The van der Waals surface area contributed by atoms with Crippen molar-refractivity contribution in [2.75, 3.05) is 13.7 Å². The van der Waals surface area contributed by atoms with Gasteiger partial charge in [0, 0.05) is 18.3 Å². The predicted octanol–water partition coefficient (Wildman–Crippen LogP) is 1.85. The lowest BCUT2D eigenvalue weighted by atomic mass is 9.96. The summed E-state index contributed by atoms with van der Waals surface area (Å²) in [6, 6.07) is 6.67. The molecule has 0 fully saturated rings. The number of nitrogens with zero attached hydrogens (tertiary/aromatic N) is 4. The van der Waals surface area contributed by atoms with Gasteiger partial charge in [0.05, 0.1) is 41.8 Å². The van der Waals surface area contributed by atoms with Gasteiger partial charge in [0.2, 0.25) is 0 Å². The molecule has 0 radical (unpaired) electrons. The minimum absolute atomic E-state index is 0.216. The Morgan fingerprint density at radius 2 is 1.97 bits per heavy atom. The largest absolute Gasteiger partial charge is 0.497 e. The molecule has 1 aliphatic rings. The highest BCUT2D eigenvalue weighted by molar-refractivity contribution is 7.07. The van der Waals surface area contributed by atoms with Crippen LogP contribution in [0.1, 0.15) is 36.7 Å². The van der Waals surface area contributed by atoms with Crippen molar-refractivity contribution >= 4 is 23.4 Å². The summed E-state index contributed by atoms with van der Waals surface area (Å²) in [5.41, 5.74) is 3.26. The number of allylic oxidation sites excluding steroid dienone is 1. The zero-order chi connectivity index (χ0) is 23.0. The van der Waals surface area contributed by atoms with Gasteiger partial charge in [0.15, 0.2) is 4.80 Å². The molecule has 166 valence electrons. The zero-order valence-electron chi connectivity index (χ0n) is 18.6. The lowest BCUT2D eigenvalue weighted by molar-refractivity contribution is -0.139. The van der Waals surface area contributed by atoms with Gasteiger partial charge >= 0.3 is 5.97 Å². The number of carbonyl (C=O) groups is 1. The maximum Gasteiger partial charge on any atom is 0.338 e. The molecular formula is C23H24N4O4S. The average Bonchev–Trinajstić information content (AvgIpc) is 3.26. The molecule has 4 rings (SSSR count). The van der Waals surface area contributed by atoms with E-state index in [1.165, 1.54) is 11.3 Å². The second-order valence-corrected chi connectivity index (χ2v) is 8.39. The molecule has 3 aromatic rings. The van der Waals surface area contributed by atoms with Crippen LogP contribution < -0.4 is 19.6 Å². The predicted molar refractivity (Wildman–Crippen MR) is 121 cm³/mol. The summed E-state index contributed by atoms with van der Waals surface area (Å²) in [5, 5.41) is 4.25. The van der Waals surface area contributed by atoms with Gasteiger partial charge in [-0.05, 0) is 44.5 Å². The van der Waals surface area contributed by atoms with E-state index in [1.54, 1.807) is 36.4 Å².